The van der Waals surface area contributed by atoms with Crippen LogP contribution in [-0.4, -0.2) is 97.7 Å². The molecule has 0 atom stereocenters. The Labute approximate surface area is 622 Å². The number of carbonyl (C=O) groups is 4. The number of urea groups is 4. The molecule has 4 aromatic heterocycles. The number of aryl methyl sites for hydroxylation is 8. The summed E-state index contributed by atoms with van der Waals surface area (Å²) in [6, 6.07) is 12.7. The average molecular weight is 1530 g/mol. The second kappa shape index (κ2) is 35.4. The Balaban J connectivity index is 0.000000197. The van der Waals surface area contributed by atoms with Crippen LogP contribution in [0.15, 0.2) is 119 Å². The van der Waals surface area contributed by atoms with Gasteiger partial charge in [0, 0.05) is 72.3 Å². The monoisotopic (exact) mass is 1530 g/mol. The van der Waals surface area contributed by atoms with Gasteiger partial charge in [-0.15, -0.1) is 0 Å². The number of sulfonamides is 4. The second-order valence-corrected chi connectivity index (χ2v) is 34.3. The van der Waals surface area contributed by atoms with E-state index in [0.29, 0.717) is 17.1 Å². The molecule has 0 fully saturated rings. The molecule has 106 heavy (non-hydrogen) atoms. The maximum atomic E-state index is 12.4. The van der Waals surface area contributed by atoms with E-state index in [1.807, 2.05) is 158 Å². The maximum Gasteiger partial charge on any atom is 0.333 e. The normalized spacial score (nSPS) is 12.6. The molecule has 2 aliphatic carbocycles. The van der Waals surface area contributed by atoms with Crippen LogP contribution in [0.5, 0.6) is 0 Å². The molecule has 28 nitrogen and oxygen atoms in total. The van der Waals surface area contributed by atoms with E-state index in [1.165, 1.54) is 60.7 Å². The number of hydrogen-bond donors (Lipinski definition) is 8. The predicted octanol–water partition coefficient (Wildman–Crippen LogP) is 13.5. The van der Waals surface area contributed by atoms with Crippen molar-refractivity contribution in [2.45, 2.75) is 219 Å². The molecule has 2 aliphatic rings. The number of anilines is 4. The van der Waals surface area contributed by atoms with Crippen LogP contribution in [0, 0.1) is 41.5 Å². The lowest BCUT2D eigenvalue weighted by atomic mass is 9.90. The van der Waals surface area contributed by atoms with E-state index in [4.69, 9.17) is 0 Å². The highest BCUT2D eigenvalue weighted by atomic mass is 32.2. The summed E-state index contributed by atoms with van der Waals surface area (Å²) in [5, 5.41) is 9.18. The quantitative estimate of drug-likeness (QED) is 0.0370. The maximum absolute atomic E-state index is 12.4. The third-order valence-corrected chi connectivity index (χ3v) is 21.5. The van der Waals surface area contributed by atoms with Crippen molar-refractivity contribution in [3.63, 3.8) is 0 Å². The molecule has 4 aromatic carbocycles. The highest BCUT2D eigenvalue weighted by molar-refractivity contribution is 7.90. The SMILES string of the molecule is Cc1cnc(S(=O)(=O)NC(=O)Nc2c(C(C)C)cc(C)cc2C(C)C)nc1.Cc1cnc(S(=O)(=O)NC(=O)Nc2c(C(C)C)cc(C)cc2C(C)C)nc1.Cc1cnc(S(=O)(=O)NC(=O)Nc2c(C(C)C)cccc2C(C)C)nc1.Cc1cnc(S(=O)(=O)NC(=O)Nc2c3c(cc4c2CCC4)CCC3)nc1. The first-order chi connectivity index (χ1) is 49.6. The molecule has 8 amide bonds. The fourth-order valence-corrected chi connectivity index (χ4v) is 14.8. The molecule has 568 valence electrons. The van der Waals surface area contributed by atoms with Crippen LogP contribution in [-0.2, 0) is 65.8 Å². The number of carbonyl (C=O) groups excluding carboxylic acids is 4. The van der Waals surface area contributed by atoms with Gasteiger partial charge in [0.1, 0.15) is 0 Å². The van der Waals surface area contributed by atoms with Gasteiger partial charge in [0.25, 0.3) is 20.6 Å². The second-order valence-electron chi connectivity index (χ2n) is 28.0. The first kappa shape index (κ1) is 83.4. The van der Waals surface area contributed by atoms with Crippen LogP contribution in [0.1, 0.15) is 220 Å². The fraction of sp³-hybridized carbons (Fsp3) is 0.405. The summed E-state index contributed by atoms with van der Waals surface area (Å²) in [5.74, 6) is 0.982. The Morgan fingerprint density at radius 1 is 0.302 bits per heavy atom. The molecule has 32 heteroatoms. The topological polar surface area (TPSA) is 404 Å². The van der Waals surface area contributed by atoms with E-state index in [1.54, 1.807) is 27.7 Å². The van der Waals surface area contributed by atoms with Gasteiger partial charge in [-0.05, 0) is 193 Å². The van der Waals surface area contributed by atoms with Gasteiger partial charge in [0.05, 0.1) is 0 Å². The van der Waals surface area contributed by atoms with Crippen LogP contribution in [0.25, 0.3) is 0 Å². The van der Waals surface area contributed by atoms with Crippen molar-refractivity contribution < 1.29 is 52.8 Å². The van der Waals surface area contributed by atoms with Crippen molar-refractivity contribution in [1.82, 2.24) is 58.8 Å². The van der Waals surface area contributed by atoms with E-state index in [9.17, 15) is 52.8 Å². The van der Waals surface area contributed by atoms with E-state index >= 15 is 0 Å². The lowest BCUT2D eigenvalue weighted by Crippen LogP contribution is -2.36. The Morgan fingerprint density at radius 2 is 0.519 bits per heavy atom. The third kappa shape index (κ3) is 22.1. The number of para-hydroxylation sites is 1. The minimum atomic E-state index is -4.15. The Hall–Kier alpha value is -9.92. The molecule has 0 saturated heterocycles. The summed E-state index contributed by atoms with van der Waals surface area (Å²) in [6.45, 7) is 35.3. The van der Waals surface area contributed by atoms with Crippen LogP contribution in [0.3, 0.4) is 0 Å². The van der Waals surface area contributed by atoms with Crippen LogP contribution in [0.4, 0.5) is 41.9 Å². The summed E-state index contributed by atoms with van der Waals surface area (Å²) in [4.78, 5) is 79.8. The van der Waals surface area contributed by atoms with Crippen molar-refractivity contribution >= 4 is 87.0 Å². The lowest BCUT2D eigenvalue weighted by Gasteiger charge is -2.21. The van der Waals surface area contributed by atoms with Crippen LogP contribution >= 0.6 is 0 Å². The number of amides is 8. The Kier molecular flexibility index (Phi) is 27.9. The van der Waals surface area contributed by atoms with Gasteiger partial charge >= 0.3 is 64.2 Å². The summed E-state index contributed by atoms with van der Waals surface area (Å²) < 4.78 is 107. The summed E-state index contributed by atoms with van der Waals surface area (Å²) in [5.41, 5.74) is 18.3. The predicted molar refractivity (Wildman–Crippen MR) is 408 cm³/mol. The van der Waals surface area contributed by atoms with Gasteiger partial charge in [-0.2, -0.15) is 33.7 Å². The first-order valence-corrected chi connectivity index (χ1v) is 40.6. The summed E-state index contributed by atoms with van der Waals surface area (Å²) in [7, 11) is -16.6. The molecular formula is C74H96N16O12S4. The van der Waals surface area contributed by atoms with E-state index in [-0.39, 0.29) is 35.5 Å². The highest BCUT2D eigenvalue weighted by Gasteiger charge is 2.30. The van der Waals surface area contributed by atoms with Gasteiger partial charge < -0.3 is 21.3 Å². The van der Waals surface area contributed by atoms with Crippen molar-refractivity contribution in [2.75, 3.05) is 21.3 Å². The van der Waals surface area contributed by atoms with Crippen molar-refractivity contribution in [3.8, 4) is 0 Å². The number of nitrogens with zero attached hydrogens (tertiary/aromatic N) is 8. The third-order valence-electron chi connectivity index (χ3n) is 16.9. The van der Waals surface area contributed by atoms with E-state index in [2.05, 4.69) is 67.2 Å². The number of fused-ring (bicyclic) bond motifs is 2. The smallest absolute Gasteiger partial charge is 0.307 e. The summed E-state index contributed by atoms with van der Waals surface area (Å²) in [6.07, 6.45) is 17.0. The van der Waals surface area contributed by atoms with Crippen LogP contribution < -0.4 is 40.2 Å². The zero-order valence-corrected chi connectivity index (χ0v) is 66.3. The molecule has 0 bridgehead atoms. The van der Waals surface area contributed by atoms with Crippen molar-refractivity contribution in [2.24, 2.45) is 0 Å². The van der Waals surface area contributed by atoms with Crippen LogP contribution in [0.2, 0.25) is 0 Å². The number of rotatable bonds is 18. The molecule has 10 rings (SSSR count). The standard InChI is InChI=1S/2C19H26N4O3S.C18H20N4O3S.C18H24N4O3S/c2*1-11(2)15-7-13(5)8-16(12(3)4)17(15)22-18(24)23-27(25,26)19-20-9-14(6)10-21-19;1-11-9-19-18(20-10-11)26(24,25)22-17(23)21-16-14-6-2-4-12(14)8-13-5-3-7-15(13)16;1-11(2)14-7-6-8-15(12(3)4)16(14)21-17(23)22-26(24,25)18-19-9-13(5)10-20-18/h2*7-12H,1-6H3,(H2,22,23,24);8-10H,2-7H2,1H3,(H2,21,22,23);6-12H,1-5H3,(H2,21,22,23). The van der Waals surface area contributed by atoms with Gasteiger partial charge in [-0.25, -0.2) is 77.9 Å². The zero-order chi connectivity index (χ0) is 78.5. The Bertz CT molecular complexity index is 4730. The van der Waals surface area contributed by atoms with E-state index < -0.39 is 84.8 Å². The summed E-state index contributed by atoms with van der Waals surface area (Å²) >= 11 is 0. The average Bonchev–Trinajstić information content (AvgIpc) is 1.59. The largest absolute Gasteiger partial charge is 0.333 e. The Morgan fingerprint density at radius 3 is 0.745 bits per heavy atom. The minimum Gasteiger partial charge on any atom is -0.307 e. The van der Waals surface area contributed by atoms with Crippen molar-refractivity contribution in [1.29, 1.82) is 0 Å². The highest BCUT2D eigenvalue weighted by Crippen LogP contribution is 2.40. The van der Waals surface area contributed by atoms with Gasteiger partial charge in [0.15, 0.2) is 0 Å². The molecule has 0 radical (unpaired) electrons. The van der Waals surface area contributed by atoms with Gasteiger partial charge in [-0.1, -0.05) is 143 Å². The molecule has 0 saturated carbocycles. The first-order valence-electron chi connectivity index (χ1n) is 34.7. The number of benzene rings is 4. The molecule has 4 heterocycles. The molecular weight excluding hydrogens is 1430 g/mol. The molecule has 8 N–H and O–H groups in total. The molecule has 8 aromatic rings. The number of nitrogens with one attached hydrogen (secondary N) is 8. The minimum absolute atomic E-state index is 0.162. The van der Waals surface area contributed by atoms with Crippen molar-refractivity contribution in [3.05, 3.63) is 187 Å². The number of hydrogen-bond acceptors (Lipinski definition) is 20. The molecule has 0 aliphatic heterocycles. The van der Waals surface area contributed by atoms with E-state index in [0.717, 1.165) is 122 Å². The molecule has 0 spiro atoms. The zero-order valence-electron chi connectivity index (χ0n) is 63.1. The fourth-order valence-electron chi connectivity index (χ4n) is 11.8. The lowest BCUT2D eigenvalue weighted by molar-refractivity contribution is 0.255. The number of aromatic nitrogens is 8. The van der Waals surface area contributed by atoms with Gasteiger partial charge in [0.2, 0.25) is 0 Å². The molecule has 0 unspecified atom stereocenters. The van der Waals surface area contributed by atoms with Gasteiger partial charge in [-0.3, -0.25) is 0 Å².